The van der Waals surface area contributed by atoms with E-state index in [1.807, 2.05) is 0 Å². The maximum Gasteiger partial charge on any atom is 0.341 e. The summed E-state index contributed by atoms with van der Waals surface area (Å²) in [5, 5.41) is 2.72. The van der Waals surface area contributed by atoms with Crippen LogP contribution >= 0.6 is 22.9 Å². The van der Waals surface area contributed by atoms with Crippen LogP contribution in [0.25, 0.3) is 11.1 Å². The minimum Gasteiger partial charge on any atom is -0.462 e. The molecule has 0 aliphatic carbocycles. The van der Waals surface area contributed by atoms with E-state index < -0.39 is 23.5 Å². The van der Waals surface area contributed by atoms with Crippen molar-refractivity contribution in [3.8, 4) is 11.1 Å². The molecule has 1 amide bonds. The number of carbonyl (C=O) groups is 2. The van der Waals surface area contributed by atoms with Crippen LogP contribution in [0.3, 0.4) is 0 Å². The predicted octanol–water partition coefficient (Wildman–Crippen LogP) is 6.08. The number of hydrogen-bond acceptors (Lipinski definition) is 4. The van der Waals surface area contributed by atoms with Crippen molar-refractivity contribution in [2.24, 2.45) is 0 Å². The Bertz CT molecular complexity index is 1060. The lowest BCUT2D eigenvalue weighted by Crippen LogP contribution is -2.16. The lowest BCUT2D eigenvalue weighted by molar-refractivity contribution is 0.0529. The van der Waals surface area contributed by atoms with Crippen LogP contribution in [-0.4, -0.2) is 18.5 Å². The van der Waals surface area contributed by atoms with Gasteiger partial charge in [-0.1, -0.05) is 29.8 Å². The summed E-state index contributed by atoms with van der Waals surface area (Å²) in [6.45, 7) is 3.55. The molecule has 150 valence electrons. The maximum atomic E-state index is 14.1. The van der Waals surface area contributed by atoms with Gasteiger partial charge < -0.3 is 10.1 Å². The van der Waals surface area contributed by atoms with Gasteiger partial charge in [-0.05, 0) is 43.7 Å². The van der Waals surface area contributed by atoms with Gasteiger partial charge in [0, 0.05) is 10.4 Å². The molecule has 0 aliphatic heterocycles. The van der Waals surface area contributed by atoms with Crippen molar-refractivity contribution < 1.29 is 23.1 Å². The lowest BCUT2D eigenvalue weighted by atomic mass is 10.0. The standard InChI is InChI=1S/C21H16ClF2NO3S/c1-3-28-21(27)18-16(12-7-9-13(23)10-8-12)11(2)29-20(18)25-19(26)17-14(22)5-4-6-15(17)24/h4-10H,3H2,1-2H3,(H,25,26). The zero-order chi connectivity index (χ0) is 21.1. The van der Waals surface area contributed by atoms with Crippen LogP contribution in [0, 0.1) is 18.6 Å². The zero-order valence-electron chi connectivity index (χ0n) is 15.5. The molecule has 0 fully saturated rings. The quantitative estimate of drug-likeness (QED) is 0.494. The zero-order valence-corrected chi connectivity index (χ0v) is 17.1. The summed E-state index contributed by atoms with van der Waals surface area (Å²) in [6, 6.07) is 9.53. The van der Waals surface area contributed by atoms with Gasteiger partial charge in [0.05, 0.1) is 17.2 Å². The van der Waals surface area contributed by atoms with Crippen LogP contribution in [0.2, 0.25) is 5.02 Å². The first-order valence-corrected chi connectivity index (χ1v) is 9.84. The van der Waals surface area contributed by atoms with E-state index in [4.69, 9.17) is 16.3 Å². The number of thiophene rings is 1. The topological polar surface area (TPSA) is 55.4 Å². The lowest BCUT2D eigenvalue weighted by Gasteiger charge is -2.10. The Hall–Kier alpha value is -2.77. The highest BCUT2D eigenvalue weighted by molar-refractivity contribution is 7.17. The van der Waals surface area contributed by atoms with Gasteiger partial charge in [-0.3, -0.25) is 4.79 Å². The molecule has 0 aliphatic rings. The number of carbonyl (C=O) groups excluding carboxylic acids is 2. The fourth-order valence-corrected chi connectivity index (χ4v) is 4.18. The molecule has 1 heterocycles. The Morgan fingerprint density at radius 3 is 2.41 bits per heavy atom. The summed E-state index contributed by atoms with van der Waals surface area (Å²) in [7, 11) is 0. The highest BCUT2D eigenvalue weighted by Crippen LogP contribution is 2.41. The highest BCUT2D eigenvalue weighted by Gasteiger charge is 2.27. The van der Waals surface area contributed by atoms with Crippen LogP contribution < -0.4 is 5.32 Å². The number of hydrogen-bond donors (Lipinski definition) is 1. The van der Waals surface area contributed by atoms with Gasteiger partial charge in [-0.15, -0.1) is 11.3 Å². The fraction of sp³-hybridized carbons (Fsp3) is 0.143. The van der Waals surface area contributed by atoms with E-state index in [-0.39, 0.29) is 27.8 Å². The SMILES string of the molecule is CCOC(=O)c1c(NC(=O)c2c(F)cccc2Cl)sc(C)c1-c1ccc(F)cc1. The molecule has 29 heavy (non-hydrogen) atoms. The summed E-state index contributed by atoms with van der Waals surface area (Å²) < 4.78 is 32.6. The molecule has 3 aromatic rings. The Balaban J connectivity index is 2.09. The van der Waals surface area contributed by atoms with Gasteiger partial charge in [-0.2, -0.15) is 0 Å². The minimum atomic E-state index is -0.787. The van der Waals surface area contributed by atoms with Crippen LogP contribution in [0.4, 0.5) is 13.8 Å². The molecule has 1 N–H and O–H groups in total. The minimum absolute atomic E-state index is 0.0489. The molecule has 4 nitrogen and oxygen atoms in total. The van der Waals surface area contributed by atoms with Crippen LogP contribution in [0.1, 0.15) is 32.5 Å². The number of esters is 1. The molecule has 0 bridgehead atoms. The number of amides is 1. The molecule has 8 heteroatoms. The van der Waals surface area contributed by atoms with E-state index in [1.165, 1.54) is 36.4 Å². The summed E-state index contributed by atoms with van der Waals surface area (Å²) in [4.78, 5) is 26.0. The van der Waals surface area contributed by atoms with Crippen molar-refractivity contribution in [2.75, 3.05) is 11.9 Å². The number of nitrogens with one attached hydrogen (secondary N) is 1. The second kappa shape index (κ2) is 8.71. The van der Waals surface area contributed by atoms with Gasteiger partial charge in [0.2, 0.25) is 0 Å². The number of benzene rings is 2. The number of aryl methyl sites for hydroxylation is 1. The van der Waals surface area contributed by atoms with Gasteiger partial charge in [0.15, 0.2) is 0 Å². The smallest absolute Gasteiger partial charge is 0.341 e. The van der Waals surface area contributed by atoms with Crippen molar-refractivity contribution in [3.63, 3.8) is 0 Å². The third-order valence-electron chi connectivity index (χ3n) is 4.11. The number of rotatable bonds is 5. The van der Waals surface area contributed by atoms with Crippen molar-refractivity contribution >= 4 is 39.8 Å². The molecule has 0 saturated heterocycles. The first kappa shape index (κ1) is 21.0. The number of ether oxygens (including phenoxy) is 1. The Kier molecular flexibility index (Phi) is 6.30. The first-order chi connectivity index (χ1) is 13.8. The van der Waals surface area contributed by atoms with Gasteiger partial charge in [-0.25, -0.2) is 13.6 Å². The maximum absolute atomic E-state index is 14.1. The normalized spacial score (nSPS) is 10.7. The molecule has 0 unspecified atom stereocenters. The largest absolute Gasteiger partial charge is 0.462 e. The van der Waals surface area contributed by atoms with Crippen molar-refractivity contribution in [1.29, 1.82) is 0 Å². The molecule has 3 rings (SSSR count). The molecule has 2 aromatic carbocycles. The van der Waals surface area contributed by atoms with E-state index in [9.17, 15) is 18.4 Å². The predicted molar refractivity (Wildman–Crippen MR) is 110 cm³/mol. The number of anilines is 1. The molecular weight excluding hydrogens is 420 g/mol. The van der Waals surface area contributed by atoms with Gasteiger partial charge >= 0.3 is 5.97 Å². The van der Waals surface area contributed by atoms with E-state index in [2.05, 4.69) is 5.32 Å². The monoisotopic (exact) mass is 435 g/mol. The average molecular weight is 436 g/mol. The molecule has 0 atom stereocenters. The summed E-state index contributed by atoms with van der Waals surface area (Å²) in [5.41, 5.74) is 0.913. The third kappa shape index (κ3) is 4.31. The number of halogens is 3. The van der Waals surface area contributed by atoms with Crippen molar-refractivity contribution in [1.82, 2.24) is 0 Å². The van der Waals surface area contributed by atoms with E-state index in [1.54, 1.807) is 13.8 Å². The van der Waals surface area contributed by atoms with E-state index >= 15 is 0 Å². The van der Waals surface area contributed by atoms with Crippen LogP contribution in [0.15, 0.2) is 42.5 Å². The van der Waals surface area contributed by atoms with Crippen molar-refractivity contribution in [2.45, 2.75) is 13.8 Å². The molecule has 1 aromatic heterocycles. The van der Waals surface area contributed by atoms with Gasteiger partial charge in [0.1, 0.15) is 22.2 Å². The van der Waals surface area contributed by atoms with E-state index in [0.29, 0.717) is 16.0 Å². The second-order valence-electron chi connectivity index (χ2n) is 6.02. The molecule has 0 radical (unpaired) electrons. The molecule has 0 spiro atoms. The Morgan fingerprint density at radius 2 is 1.79 bits per heavy atom. The average Bonchev–Trinajstić information content (AvgIpc) is 2.98. The van der Waals surface area contributed by atoms with Crippen molar-refractivity contribution in [3.05, 3.63) is 75.1 Å². The fourth-order valence-electron chi connectivity index (χ4n) is 2.88. The van der Waals surface area contributed by atoms with Crippen LogP contribution in [0.5, 0.6) is 0 Å². The molecule has 0 saturated carbocycles. The highest BCUT2D eigenvalue weighted by atomic mass is 35.5. The first-order valence-electron chi connectivity index (χ1n) is 8.65. The van der Waals surface area contributed by atoms with Gasteiger partial charge in [0.25, 0.3) is 5.91 Å². The van der Waals surface area contributed by atoms with E-state index in [0.717, 1.165) is 17.4 Å². The second-order valence-corrected chi connectivity index (χ2v) is 7.65. The molecular formula is C21H16ClF2NO3S. The summed E-state index contributed by atoms with van der Waals surface area (Å²) >= 11 is 7.10. The van der Waals surface area contributed by atoms with Crippen LogP contribution in [-0.2, 0) is 4.74 Å². The third-order valence-corrected chi connectivity index (χ3v) is 5.45. The Labute approximate surface area is 175 Å². The summed E-state index contributed by atoms with van der Waals surface area (Å²) in [5.74, 6) is -2.63. The Morgan fingerprint density at radius 1 is 1.10 bits per heavy atom. The summed E-state index contributed by atoms with van der Waals surface area (Å²) in [6.07, 6.45) is 0.